The van der Waals surface area contributed by atoms with Crippen molar-refractivity contribution in [1.82, 2.24) is 0 Å². The van der Waals surface area contributed by atoms with E-state index in [9.17, 15) is 9.59 Å². The van der Waals surface area contributed by atoms with Gasteiger partial charge in [0.15, 0.2) is 5.78 Å². The highest BCUT2D eigenvalue weighted by Gasteiger charge is 2.16. The van der Waals surface area contributed by atoms with Crippen LogP contribution in [0.3, 0.4) is 0 Å². The van der Waals surface area contributed by atoms with Crippen molar-refractivity contribution in [3.63, 3.8) is 0 Å². The summed E-state index contributed by atoms with van der Waals surface area (Å²) in [6.07, 6.45) is 1.57. The van der Waals surface area contributed by atoms with Crippen LogP contribution >= 0.6 is 0 Å². The SMILES string of the molecule is C=Cc1cc(C(=O)OC)ccc1C(=O)c1cc(C)ccc1C. The third-order valence-corrected chi connectivity index (χ3v) is 3.57. The minimum Gasteiger partial charge on any atom is -0.465 e. The Bertz CT molecular complexity index is 757. The molecule has 0 aromatic heterocycles. The van der Waals surface area contributed by atoms with Crippen LogP contribution in [0.5, 0.6) is 0 Å². The highest BCUT2D eigenvalue weighted by atomic mass is 16.5. The molecular weight excluding hydrogens is 276 g/mol. The van der Waals surface area contributed by atoms with Crippen molar-refractivity contribution in [1.29, 1.82) is 0 Å². The molecule has 0 heterocycles. The molecule has 0 spiro atoms. The fraction of sp³-hybridized carbons (Fsp3) is 0.158. The summed E-state index contributed by atoms with van der Waals surface area (Å²) in [4.78, 5) is 24.4. The number of esters is 1. The van der Waals surface area contributed by atoms with Gasteiger partial charge < -0.3 is 4.74 Å². The van der Waals surface area contributed by atoms with Crippen LogP contribution in [0.15, 0.2) is 43.0 Å². The second-order valence-corrected chi connectivity index (χ2v) is 5.15. The lowest BCUT2D eigenvalue weighted by molar-refractivity contribution is 0.0600. The van der Waals surface area contributed by atoms with Crippen LogP contribution in [-0.4, -0.2) is 18.9 Å². The Morgan fingerprint density at radius 3 is 2.41 bits per heavy atom. The Labute approximate surface area is 130 Å². The van der Waals surface area contributed by atoms with Gasteiger partial charge in [0.25, 0.3) is 0 Å². The molecule has 0 radical (unpaired) electrons. The summed E-state index contributed by atoms with van der Waals surface area (Å²) in [7, 11) is 1.32. The molecule has 0 aliphatic heterocycles. The second-order valence-electron chi connectivity index (χ2n) is 5.15. The number of methoxy groups -OCH3 is 1. The first-order valence-corrected chi connectivity index (χ1v) is 6.94. The normalized spacial score (nSPS) is 10.1. The van der Waals surface area contributed by atoms with Crippen molar-refractivity contribution < 1.29 is 14.3 Å². The van der Waals surface area contributed by atoms with Crippen molar-refractivity contribution in [2.45, 2.75) is 13.8 Å². The minimum absolute atomic E-state index is 0.0764. The van der Waals surface area contributed by atoms with Crippen molar-refractivity contribution >= 4 is 17.8 Å². The van der Waals surface area contributed by atoms with E-state index in [1.165, 1.54) is 7.11 Å². The zero-order valence-corrected chi connectivity index (χ0v) is 13.0. The number of ether oxygens (including phenoxy) is 1. The Morgan fingerprint density at radius 1 is 1.05 bits per heavy atom. The molecule has 3 nitrogen and oxygen atoms in total. The van der Waals surface area contributed by atoms with Crippen LogP contribution < -0.4 is 0 Å². The number of rotatable bonds is 4. The zero-order valence-electron chi connectivity index (χ0n) is 13.0. The molecule has 0 saturated heterocycles. The first-order chi connectivity index (χ1) is 10.5. The molecule has 0 fully saturated rings. The van der Waals surface area contributed by atoms with Gasteiger partial charge in [-0.25, -0.2) is 4.79 Å². The molecule has 0 atom stereocenters. The molecule has 2 aromatic rings. The maximum Gasteiger partial charge on any atom is 0.337 e. The highest BCUT2D eigenvalue weighted by Crippen LogP contribution is 2.21. The van der Waals surface area contributed by atoms with Crippen LogP contribution in [0, 0.1) is 13.8 Å². The molecule has 0 aliphatic rings. The number of ketones is 1. The molecule has 0 saturated carbocycles. The molecule has 3 heteroatoms. The van der Waals surface area contributed by atoms with Crippen LogP contribution in [0.2, 0.25) is 0 Å². The number of hydrogen-bond acceptors (Lipinski definition) is 3. The molecule has 0 unspecified atom stereocenters. The minimum atomic E-state index is -0.436. The average molecular weight is 294 g/mol. The largest absolute Gasteiger partial charge is 0.465 e. The maximum absolute atomic E-state index is 12.8. The van der Waals surface area contributed by atoms with Gasteiger partial charge in [-0.05, 0) is 49.2 Å². The lowest BCUT2D eigenvalue weighted by Crippen LogP contribution is -2.08. The summed E-state index contributed by atoms with van der Waals surface area (Å²) < 4.78 is 4.70. The topological polar surface area (TPSA) is 43.4 Å². The molecule has 0 amide bonds. The third kappa shape index (κ3) is 2.98. The monoisotopic (exact) mass is 294 g/mol. The lowest BCUT2D eigenvalue weighted by Gasteiger charge is -2.10. The summed E-state index contributed by atoms with van der Waals surface area (Å²) in [6, 6.07) is 10.6. The van der Waals surface area contributed by atoms with Crippen molar-refractivity contribution in [3.05, 3.63) is 76.4 Å². The van der Waals surface area contributed by atoms with Gasteiger partial charge in [0.1, 0.15) is 0 Å². The molecule has 2 aromatic carbocycles. The third-order valence-electron chi connectivity index (χ3n) is 3.57. The van der Waals surface area contributed by atoms with E-state index in [0.717, 1.165) is 11.1 Å². The fourth-order valence-electron chi connectivity index (χ4n) is 2.31. The Morgan fingerprint density at radius 2 is 1.77 bits per heavy atom. The summed E-state index contributed by atoms with van der Waals surface area (Å²) in [5.74, 6) is -0.513. The number of carbonyl (C=O) groups excluding carboxylic acids is 2. The molecule has 22 heavy (non-hydrogen) atoms. The first kappa shape index (κ1) is 15.7. The van der Waals surface area contributed by atoms with Gasteiger partial charge >= 0.3 is 5.97 Å². The predicted molar refractivity (Wildman–Crippen MR) is 87.2 cm³/mol. The summed E-state index contributed by atoms with van der Waals surface area (Å²) in [6.45, 7) is 7.58. The van der Waals surface area contributed by atoms with Gasteiger partial charge in [-0.15, -0.1) is 0 Å². The van der Waals surface area contributed by atoms with Gasteiger partial charge in [-0.3, -0.25) is 4.79 Å². The summed E-state index contributed by atoms with van der Waals surface area (Å²) in [5, 5.41) is 0. The standard InChI is InChI=1S/C19H18O3/c1-5-14-11-15(19(21)22-4)8-9-16(14)18(20)17-10-12(2)6-7-13(17)3/h5-11H,1H2,2-4H3. The summed E-state index contributed by atoms with van der Waals surface area (Å²) in [5.41, 5.74) is 4.15. The van der Waals surface area contributed by atoms with Crippen LogP contribution in [0.1, 0.15) is 43.0 Å². The van der Waals surface area contributed by atoms with Gasteiger partial charge in [0.05, 0.1) is 12.7 Å². The van der Waals surface area contributed by atoms with Crippen molar-refractivity contribution in [2.75, 3.05) is 7.11 Å². The molecular formula is C19H18O3. The van der Waals surface area contributed by atoms with Crippen LogP contribution in [0.4, 0.5) is 0 Å². The van der Waals surface area contributed by atoms with E-state index in [1.807, 2.05) is 32.0 Å². The molecule has 112 valence electrons. The smallest absolute Gasteiger partial charge is 0.337 e. The predicted octanol–water partition coefficient (Wildman–Crippen LogP) is 3.96. The second kappa shape index (κ2) is 6.39. The van der Waals surface area contributed by atoms with E-state index >= 15 is 0 Å². The Hall–Kier alpha value is -2.68. The van der Waals surface area contributed by atoms with E-state index in [2.05, 4.69) is 6.58 Å². The zero-order chi connectivity index (χ0) is 16.3. The summed E-state index contributed by atoms with van der Waals surface area (Å²) >= 11 is 0. The Kier molecular flexibility index (Phi) is 4.56. The van der Waals surface area contributed by atoms with Gasteiger partial charge in [0.2, 0.25) is 0 Å². The quantitative estimate of drug-likeness (QED) is 0.633. The molecule has 0 N–H and O–H groups in total. The van der Waals surface area contributed by atoms with Gasteiger partial charge in [0, 0.05) is 11.1 Å². The van der Waals surface area contributed by atoms with Crippen molar-refractivity contribution in [3.8, 4) is 0 Å². The molecule has 0 aliphatic carbocycles. The Balaban J connectivity index is 2.52. The number of benzene rings is 2. The maximum atomic E-state index is 12.8. The first-order valence-electron chi connectivity index (χ1n) is 6.94. The lowest BCUT2D eigenvalue weighted by atomic mass is 9.93. The highest BCUT2D eigenvalue weighted by molar-refractivity contribution is 6.12. The van der Waals surface area contributed by atoms with E-state index in [4.69, 9.17) is 4.74 Å². The van der Waals surface area contributed by atoms with E-state index in [1.54, 1.807) is 24.3 Å². The van der Waals surface area contributed by atoms with E-state index in [-0.39, 0.29) is 5.78 Å². The number of aryl methyl sites for hydroxylation is 2. The van der Waals surface area contributed by atoms with Crippen LogP contribution in [-0.2, 0) is 4.74 Å². The van der Waals surface area contributed by atoms with Crippen molar-refractivity contribution in [2.24, 2.45) is 0 Å². The number of hydrogen-bond donors (Lipinski definition) is 0. The van der Waals surface area contributed by atoms with Gasteiger partial charge in [-0.1, -0.05) is 30.4 Å². The molecule has 0 bridgehead atoms. The molecule has 2 rings (SSSR count). The van der Waals surface area contributed by atoms with Crippen LogP contribution in [0.25, 0.3) is 6.08 Å². The van der Waals surface area contributed by atoms with Gasteiger partial charge in [-0.2, -0.15) is 0 Å². The average Bonchev–Trinajstić information content (AvgIpc) is 2.55. The fourth-order valence-corrected chi connectivity index (χ4v) is 2.31. The van der Waals surface area contributed by atoms with E-state index < -0.39 is 5.97 Å². The number of carbonyl (C=O) groups is 2. The van der Waals surface area contributed by atoms with E-state index in [0.29, 0.717) is 22.3 Å².